The number of benzene rings is 1. The Morgan fingerprint density at radius 2 is 2.37 bits per heavy atom. The lowest BCUT2D eigenvalue weighted by Crippen LogP contribution is -2.42. The van der Waals surface area contributed by atoms with Gasteiger partial charge >= 0.3 is 0 Å². The van der Waals surface area contributed by atoms with Crippen LogP contribution in [0.3, 0.4) is 0 Å². The Hall–Kier alpha value is -0.870. The highest BCUT2D eigenvalue weighted by Crippen LogP contribution is 2.15. The van der Waals surface area contributed by atoms with Crippen molar-refractivity contribution in [3.05, 3.63) is 34.3 Å². The average Bonchev–Trinajstić information content (AvgIpc) is 2.45. The highest BCUT2D eigenvalue weighted by molar-refractivity contribution is 9.10. The molecule has 104 valence electrons. The zero-order valence-corrected chi connectivity index (χ0v) is 12.9. The number of hydrogen-bond acceptors (Lipinski definition) is 2. The van der Waals surface area contributed by atoms with Gasteiger partial charge in [-0.25, -0.2) is 0 Å². The third-order valence-corrected chi connectivity index (χ3v) is 4.14. The van der Waals surface area contributed by atoms with E-state index in [0.29, 0.717) is 0 Å². The fourth-order valence-electron chi connectivity index (χ4n) is 2.47. The van der Waals surface area contributed by atoms with Crippen LogP contribution in [0.4, 0.5) is 0 Å². The number of nitrogens with zero attached hydrogens (tertiary/aromatic N) is 1. The summed E-state index contributed by atoms with van der Waals surface area (Å²) in [6.45, 7) is 2.66. The van der Waals surface area contributed by atoms with Crippen molar-refractivity contribution in [2.24, 2.45) is 5.92 Å². The molecule has 0 saturated carbocycles. The van der Waals surface area contributed by atoms with Crippen molar-refractivity contribution in [1.82, 2.24) is 10.2 Å². The summed E-state index contributed by atoms with van der Waals surface area (Å²) in [6, 6.07) is 8.27. The number of carbonyl (C=O) groups is 1. The Kier molecular flexibility index (Phi) is 5.40. The Morgan fingerprint density at radius 3 is 3.05 bits per heavy atom. The smallest absolute Gasteiger partial charge is 0.226 e. The molecule has 19 heavy (non-hydrogen) atoms. The van der Waals surface area contributed by atoms with E-state index in [2.05, 4.69) is 33.4 Å². The summed E-state index contributed by atoms with van der Waals surface area (Å²) < 4.78 is 1.09. The van der Waals surface area contributed by atoms with E-state index in [0.717, 1.165) is 43.4 Å². The number of hydrogen-bond donors (Lipinski definition) is 1. The number of halogens is 1. The van der Waals surface area contributed by atoms with Crippen molar-refractivity contribution >= 4 is 21.8 Å². The number of carbonyl (C=O) groups excluding carboxylic acids is 1. The molecule has 0 radical (unpaired) electrons. The number of nitrogens with one attached hydrogen (secondary N) is 1. The number of piperidine rings is 1. The van der Waals surface area contributed by atoms with E-state index in [4.69, 9.17) is 0 Å². The minimum atomic E-state index is 0.168. The van der Waals surface area contributed by atoms with Crippen LogP contribution >= 0.6 is 15.9 Å². The van der Waals surface area contributed by atoms with Crippen LogP contribution in [0.5, 0.6) is 0 Å². The van der Waals surface area contributed by atoms with E-state index < -0.39 is 0 Å². The fraction of sp³-hybridized carbons (Fsp3) is 0.533. The molecule has 0 aromatic heterocycles. The molecular weight excluding hydrogens is 304 g/mol. The molecule has 1 aromatic carbocycles. The molecule has 1 N–H and O–H groups in total. The predicted octanol–water partition coefficient (Wildman–Crippen LogP) is 2.45. The van der Waals surface area contributed by atoms with Crippen molar-refractivity contribution < 1.29 is 4.79 Å². The maximum Gasteiger partial charge on any atom is 0.226 e. The monoisotopic (exact) mass is 324 g/mol. The van der Waals surface area contributed by atoms with Crippen molar-refractivity contribution in [1.29, 1.82) is 0 Å². The third-order valence-electron chi connectivity index (χ3n) is 3.65. The first kappa shape index (κ1) is 14.5. The van der Waals surface area contributed by atoms with Crippen LogP contribution < -0.4 is 5.32 Å². The summed E-state index contributed by atoms with van der Waals surface area (Å²) in [7, 11) is 1.91. The summed E-state index contributed by atoms with van der Waals surface area (Å²) >= 11 is 3.47. The Bertz CT molecular complexity index is 430. The van der Waals surface area contributed by atoms with Crippen LogP contribution in [-0.2, 0) is 11.2 Å². The molecule has 4 heteroatoms. The van der Waals surface area contributed by atoms with Crippen LogP contribution in [0.2, 0.25) is 0 Å². The van der Waals surface area contributed by atoms with Gasteiger partial charge in [0.25, 0.3) is 0 Å². The van der Waals surface area contributed by atoms with Crippen LogP contribution in [0, 0.1) is 5.92 Å². The number of amides is 1. The van der Waals surface area contributed by atoms with E-state index in [1.54, 1.807) is 0 Å². The minimum Gasteiger partial charge on any atom is -0.345 e. The SMILES string of the molecule is CN(CCc1cccc(Br)c1)C(=O)C1CCCNC1. The normalized spacial score (nSPS) is 19.2. The van der Waals surface area contributed by atoms with Crippen molar-refractivity contribution in [2.45, 2.75) is 19.3 Å². The molecule has 1 aliphatic heterocycles. The second kappa shape index (κ2) is 7.06. The minimum absolute atomic E-state index is 0.168. The molecule has 1 fully saturated rings. The largest absolute Gasteiger partial charge is 0.345 e. The topological polar surface area (TPSA) is 32.3 Å². The lowest BCUT2D eigenvalue weighted by molar-refractivity contribution is -0.134. The van der Waals surface area contributed by atoms with Crippen molar-refractivity contribution in [3.8, 4) is 0 Å². The molecule has 1 aromatic rings. The Labute approximate surface area is 123 Å². The zero-order valence-electron chi connectivity index (χ0n) is 11.4. The molecule has 0 spiro atoms. The summed E-state index contributed by atoms with van der Waals surface area (Å²) in [5.41, 5.74) is 1.26. The maximum atomic E-state index is 12.3. The molecule has 1 atom stereocenters. The van der Waals surface area contributed by atoms with Gasteiger partial charge in [0.15, 0.2) is 0 Å². The standard InChI is InChI=1S/C15H21BrN2O/c1-18(15(19)13-5-3-8-17-11-13)9-7-12-4-2-6-14(16)10-12/h2,4,6,10,13,17H,3,5,7-9,11H2,1H3. The molecule has 3 nitrogen and oxygen atoms in total. The quantitative estimate of drug-likeness (QED) is 0.922. The van der Waals surface area contributed by atoms with Gasteiger partial charge in [0, 0.05) is 24.6 Å². The first-order valence-electron chi connectivity index (χ1n) is 6.87. The second-order valence-corrected chi connectivity index (χ2v) is 6.10. The van der Waals surface area contributed by atoms with Crippen molar-refractivity contribution in [2.75, 3.05) is 26.7 Å². The molecular formula is C15H21BrN2O. The molecule has 1 saturated heterocycles. The van der Waals surface area contributed by atoms with Gasteiger partial charge in [-0.15, -0.1) is 0 Å². The third kappa shape index (κ3) is 4.32. The molecule has 1 aliphatic rings. The van der Waals surface area contributed by atoms with E-state index in [1.165, 1.54) is 5.56 Å². The summed E-state index contributed by atoms with van der Waals surface area (Å²) in [6.07, 6.45) is 3.03. The number of likely N-dealkylation sites (N-methyl/N-ethyl adjacent to an activating group) is 1. The lowest BCUT2D eigenvalue weighted by Gasteiger charge is -2.27. The van der Waals surface area contributed by atoms with Crippen LogP contribution in [0.15, 0.2) is 28.7 Å². The first-order chi connectivity index (χ1) is 9.16. The molecule has 1 heterocycles. The molecule has 0 bridgehead atoms. The summed E-state index contributed by atoms with van der Waals surface area (Å²) in [5, 5.41) is 3.30. The van der Waals surface area contributed by atoms with Crippen molar-refractivity contribution in [3.63, 3.8) is 0 Å². The van der Waals surface area contributed by atoms with Gasteiger partial charge in [-0.1, -0.05) is 28.1 Å². The zero-order chi connectivity index (χ0) is 13.7. The first-order valence-corrected chi connectivity index (χ1v) is 7.66. The summed E-state index contributed by atoms with van der Waals surface area (Å²) in [4.78, 5) is 14.1. The molecule has 1 amide bonds. The van der Waals surface area contributed by atoms with E-state index in [-0.39, 0.29) is 11.8 Å². The molecule has 1 unspecified atom stereocenters. The van der Waals surface area contributed by atoms with Gasteiger partial charge in [0.1, 0.15) is 0 Å². The van der Waals surface area contributed by atoms with E-state index in [1.807, 2.05) is 24.1 Å². The molecule has 0 aliphatic carbocycles. The maximum absolute atomic E-state index is 12.3. The van der Waals surface area contributed by atoms with Crippen LogP contribution in [0.1, 0.15) is 18.4 Å². The van der Waals surface area contributed by atoms with Crippen LogP contribution in [0.25, 0.3) is 0 Å². The van der Waals surface area contributed by atoms with Gasteiger partial charge in [-0.05, 0) is 43.5 Å². The second-order valence-electron chi connectivity index (χ2n) is 5.18. The number of rotatable bonds is 4. The van der Waals surface area contributed by atoms with Gasteiger partial charge in [-0.2, -0.15) is 0 Å². The Balaban J connectivity index is 1.83. The Morgan fingerprint density at radius 1 is 1.53 bits per heavy atom. The lowest BCUT2D eigenvalue weighted by atomic mass is 9.98. The fourth-order valence-corrected chi connectivity index (χ4v) is 2.92. The predicted molar refractivity (Wildman–Crippen MR) is 81.1 cm³/mol. The van der Waals surface area contributed by atoms with E-state index >= 15 is 0 Å². The van der Waals surface area contributed by atoms with Gasteiger partial charge in [0.05, 0.1) is 5.92 Å². The van der Waals surface area contributed by atoms with Gasteiger partial charge in [0.2, 0.25) is 5.91 Å². The van der Waals surface area contributed by atoms with E-state index in [9.17, 15) is 4.79 Å². The van der Waals surface area contributed by atoms with Gasteiger partial charge < -0.3 is 10.2 Å². The average molecular weight is 325 g/mol. The van der Waals surface area contributed by atoms with Gasteiger partial charge in [-0.3, -0.25) is 4.79 Å². The summed E-state index contributed by atoms with van der Waals surface area (Å²) in [5.74, 6) is 0.448. The highest BCUT2D eigenvalue weighted by Gasteiger charge is 2.23. The highest BCUT2D eigenvalue weighted by atomic mass is 79.9. The molecule has 2 rings (SSSR count). The van der Waals surface area contributed by atoms with Crippen LogP contribution in [-0.4, -0.2) is 37.5 Å².